The van der Waals surface area contributed by atoms with E-state index in [1.165, 1.54) is 32.1 Å². The van der Waals surface area contributed by atoms with Gasteiger partial charge in [0, 0.05) is 6.61 Å². The molecule has 1 fully saturated rings. The zero-order chi connectivity index (χ0) is 13.4. The Balaban J connectivity index is 2.28. The van der Waals surface area contributed by atoms with E-state index >= 15 is 0 Å². The van der Waals surface area contributed by atoms with Gasteiger partial charge >= 0.3 is 0 Å². The third kappa shape index (κ3) is 4.89. The van der Waals surface area contributed by atoms with Gasteiger partial charge in [-0.1, -0.05) is 52.4 Å². The average Bonchev–Trinajstić information content (AvgIpc) is 2.33. The maximum atomic E-state index is 10.9. The molecule has 2 N–H and O–H groups in total. The average molecular weight is 256 g/mol. The highest BCUT2D eigenvalue weighted by molar-refractivity contribution is 4.91. The van der Waals surface area contributed by atoms with Gasteiger partial charge in [-0.05, 0) is 37.5 Å². The lowest BCUT2D eigenvalue weighted by atomic mass is 9.68. The number of hydrogen-bond donors (Lipinski definition) is 2. The topological polar surface area (TPSA) is 40.5 Å². The predicted octanol–water partition coefficient (Wildman–Crippen LogP) is 3.90. The van der Waals surface area contributed by atoms with Crippen molar-refractivity contribution >= 4 is 0 Å². The molecule has 18 heavy (non-hydrogen) atoms. The quantitative estimate of drug-likeness (QED) is 0.647. The highest BCUT2D eigenvalue weighted by Crippen LogP contribution is 2.41. The van der Waals surface area contributed by atoms with Crippen molar-refractivity contribution in [2.24, 2.45) is 11.8 Å². The fourth-order valence-corrected chi connectivity index (χ4v) is 3.59. The summed E-state index contributed by atoms with van der Waals surface area (Å²) in [6, 6.07) is 0. The molecule has 0 radical (unpaired) electrons. The molecule has 0 heterocycles. The molecule has 2 nitrogen and oxygen atoms in total. The van der Waals surface area contributed by atoms with Gasteiger partial charge in [-0.15, -0.1) is 0 Å². The van der Waals surface area contributed by atoms with Crippen LogP contribution in [0.25, 0.3) is 0 Å². The van der Waals surface area contributed by atoms with Gasteiger partial charge in [0.25, 0.3) is 0 Å². The largest absolute Gasteiger partial charge is 0.396 e. The van der Waals surface area contributed by atoms with Crippen molar-refractivity contribution in [3.8, 4) is 0 Å². The number of aliphatic hydroxyl groups is 2. The van der Waals surface area contributed by atoms with Crippen molar-refractivity contribution in [1.29, 1.82) is 0 Å². The lowest BCUT2D eigenvalue weighted by Gasteiger charge is -2.42. The van der Waals surface area contributed by atoms with Crippen LogP contribution in [0.4, 0.5) is 0 Å². The fraction of sp³-hybridized carbons (Fsp3) is 1.00. The van der Waals surface area contributed by atoms with E-state index in [1.54, 1.807) is 0 Å². The summed E-state index contributed by atoms with van der Waals surface area (Å²) in [5, 5.41) is 19.6. The Labute approximate surface area is 113 Å². The minimum atomic E-state index is -0.386. The second-order valence-corrected chi connectivity index (χ2v) is 6.44. The van der Waals surface area contributed by atoms with Gasteiger partial charge in [0.2, 0.25) is 0 Å². The van der Waals surface area contributed by atoms with Crippen molar-refractivity contribution in [1.82, 2.24) is 0 Å². The van der Waals surface area contributed by atoms with Gasteiger partial charge in [-0.3, -0.25) is 0 Å². The molecule has 2 atom stereocenters. The van der Waals surface area contributed by atoms with Crippen LogP contribution in [0.1, 0.15) is 78.1 Å². The molecule has 1 aliphatic carbocycles. The first kappa shape index (κ1) is 16.0. The van der Waals surface area contributed by atoms with Gasteiger partial charge in [0.1, 0.15) is 0 Å². The number of aliphatic hydroxyl groups excluding tert-OH is 1. The summed E-state index contributed by atoms with van der Waals surface area (Å²) in [7, 11) is 0. The maximum Gasteiger partial charge on any atom is 0.0678 e. The van der Waals surface area contributed by atoms with Crippen LogP contribution in [0, 0.1) is 11.8 Å². The normalized spacial score (nSPS) is 28.8. The van der Waals surface area contributed by atoms with E-state index in [2.05, 4.69) is 13.8 Å². The Kier molecular flexibility index (Phi) is 7.25. The Hall–Kier alpha value is -0.0800. The molecule has 2 unspecified atom stereocenters. The fourth-order valence-electron chi connectivity index (χ4n) is 3.59. The van der Waals surface area contributed by atoms with Crippen LogP contribution in [-0.2, 0) is 0 Å². The monoisotopic (exact) mass is 256 g/mol. The maximum absolute atomic E-state index is 10.9. The van der Waals surface area contributed by atoms with E-state index < -0.39 is 0 Å². The van der Waals surface area contributed by atoms with Crippen molar-refractivity contribution in [3.63, 3.8) is 0 Å². The van der Waals surface area contributed by atoms with E-state index in [0.717, 1.165) is 32.1 Å². The van der Waals surface area contributed by atoms with E-state index in [1.807, 2.05) is 0 Å². The predicted molar refractivity (Wildman–Crippen MR) is 76.5 cm³/mol. The van der Waals surface area contributed by atoms with Gasteiger partial charge in [0.15, 0.2) is 0 Å². The molecule has 2 heteroatoms. The molecule has 1 rings (SSSR count). The van der Waals surface area contributed by atoms with Crippen LogP contribution < -0.4 is 0 Å². The van der Waals surface area contributed by atoms with Crippen LogP contribution in [0.3, 0.4) is 0 Å². The molecule has 0 aromatic rings. The minimum absolute atomic E-state index is 0.319. The highest BCUT2D eigenvalue weighted by atomic mass is 16.3. The summed E-state index contributed by atoms with van der Waals surface area (Å²) in [5.41, 5.74) is -0.386. The molecule has 1 saturated carbocycles. The molecule has 0 amide bonds. The SMILES string of the molecule is CC(C)C1CCCCC1(O)CCCCCCCO. The van der Waals surface area contributed by atoms with Crippen molar-refractivity contribution in [3.05, 3.63) is 0 Å². The lowest BCUT2D eigenvalue weighted by Crippen LogP contribution is -2.43. The second kappa shape index (κ2) is 8.16. The molecule has 108 valence electrons. The smallest absolute Gasteiger partial charge is 0.0678 e. The zero-order valence-corrected chi connectivity index (χ0v) is 12.3. The summed E-state index contributed by atoms with van der Waals surface area (Å²) < 4.78 is 0. The minimum Gasteiger partial charge on any atom is -0.396 e. The Morgan fingerprint density at radius 3 is 2.39 bits per heavy atom. The van der Waals surface area contributed by atoms with E-state index in [9.17, 15) is 5.11 Å². The summed E-state index contributed by atoms with van der Waals surface area (Å²) in [6.07, 6.45) is 11.3. The molecule has 0 spiro atoms. The van der Waals surface area contributed by atoms with Crippen molar-refractivity contribution in [2.75, 3.05) is 6.61 Å². The summed E-state index contributed by atoms with van der Waals surface area (Å²) >= 11 is 0. The van der Waals surface area contributed by atoms with Crippen molar-refractivity contribution < 1.29 is 10.2 Å². The third-order valence-corrected chi connectivity index (χ3v) is 4.64. The summed E-state index contributed by atoms with van der Waals surface area (Å²) in [4.78, 5) is 0. The van der Waals surface area contributed by atoms with Gasteiger partial charge < -0.3 is 10.2 Å². The van der Waals surface area contributed by atoms with Crippen LogP contribution in [-0.4, -0.2) is 22.4 Å². The van der Waals surface area contributed by atoms with Crippen LogP contribution in [0.2, 0.25) is 0 Å². The molecule has 0 aromatic carbocycles. The van der Waals surface area contributed by atoms with Crippen LogP contribution in [0.5, 0.6) is 0 Å². The van der Waals surface area contributed by atoms with Crippen LogP contribution in [0.15, 0.2) is 0 Å². The molecule has 0 aliphatic heterocycles. The van der Waals surface area contributed by atoms with E-state index in [4.69, 9.17) is 5.11 Å². The number of unbranched alkanes of at least 4 members (excludes halogenated alkanes) is 4. The summed E-state index contributed by atoms with van der Waals surface area (Å²) in [5.74, 6) is 1.10. The first-order valence-corrected chi connectivity index (χ1v) is 7.93. The molecular weight excluding hydrogens is 224 g/mol. The Morgan fingerprint density at radius 2 is 1.72 bits per heavy atom. The molecule has 0 saturated heterocycles. The van der Waals surface area contributed by atoms with E-state index in [0.29, 0.717) is 18.4 Å². The number of hydrogen-bond acceptors (Lipinski definition) is 2. The first-order valence-electron chi connectivity index (χ1n) is 7.93. The Morgan fingerprint density at radius 1 is 1.06 bits per heavy atom. The summed E-state index contributed by atoms with van der Waals surface area (Å²) in [6.45, 7) is 4.82. The van der Waals surface area contributed by atoms with Gasteiger partial charge in [-0.2, -0.15) is 0 Å². The van der Waals surface area contributed by atoms with Gasteiger partial charge in [-0.25, -0.2) is 0 Å². The highest BCUT2D eigenvalue weighted by Gasteiger charge is 2.39. The molecule has 1 aliphatic rings. The van der Waals surface area contributed by atoms with Crippen molar-refractivity contribution in [2.45, 2.75) is 83.7 Å². The standard InChI is InChI=1S/C16H32O2/c1-14(2)15-10-6-8-12-16(15,18)11-7-4-3-5-9-13-17/h14-15,17-18H,3-13H2,1-2H3. The zero-order valence-electron chi connectivity index (χ0n) is 12.3. The molecular formula is C16H32O2. The number of rotatable bonds is 8. The van der Waals surface area contributed by atoms with E-state index in [-0.39, 0.29) is 5.60 Å². The third-order valence-electron chi connectivity index (χ3n) is 4.64. The molecule has 0 aromatic heterocycles. The second-order valence-electron chi connectivity index (χ2n) is 6.44. The Bertz CT molecular complexity index is 215. The molecule has 0 bridgehead atoms. The first-order chi connectivity index (χ1) is 8.60. The van der Waals surface area contributed by atoms with Gasteiger partial charge in [0.05, 0.1) is 5.60 Å². The van der Waals surface area contributed by atoms with Crippen LogP contribution >= 0.6 is 0 Å². The lowest BCUT2D eigenvalue weighted by molar-refractivity contribution is -0.0734.